The molecule has 0 saturated carbocycles. The Balaban J connectivity index is 1.59. The van der Waals surface area contributed by atoms with Gasteiger partial charge in [0.25, 0.3) is 0 Å². The van der Waals surface area contributed by atoms with E-state index in [0.29, 0.717) is 11.8 Å². The van der Waals surface area contributed by atoms with Gasteiger partial charge in [0.05, 0.1) is 16.6 Å². The van der Waals surface area contributed by atoms with Gasteiger partial charge in [0.2, 0.25) is 0 Å². The molecular weight excluding hydrogens is 382 g/mol. The van der Waals surface area contributed by atoms with Gasteiger partial charge in [0.1, 0.15) is 0 Å². The van der Waals surface area contributed by atoms with Crippen molar-refractivity contribution in [3.63, 3.8) is 0 Å². The standard InChI is InChI=1S/C23H31N3O2S/c1-4-26-14-13-21(15-18(26)2)25(3)23(27)24-20-10-8-9-19(16-20)17-29(28)22-11-6-5-7-12-22/h5-12,16,18,21H,4,13-15,17H2,1-3H3,(H,24,27)/t18-,21-,29+/m0/s1. The van der Waals surface area contributed by atoms with Gasteiger partial charge in [-0.05, 0) is 56.1 Å². The van der Waals surface area contributed by atoms with Crippen LogP contribution in [0.3, 0.4) is 0 Å². The highest BCUT2D eigenvalue weighted by molar-refractivity contribution is 7.84. The lowest BCUT2D eigenvalue weighted by atomic mass is 9.97. The lowest BCUT2D eigenvalue weighted by Gasteiger charge is -2.40. The molecule has 1 aliphatic heterocycles. The van der Waals surface area contributed by atoms with E-state index in [1.807, 2.05) is 66.5 Å². The molecule has 0 aliphatic carbocycles. The summed E-state index contributed by atoms with van der Waals surface area (Å²) in [5.74, 6) is 0.427. The van der Waals surface area contributed by atoms with E-state index in [0.717, 1.165) is 42.1 Å². The van der Waals surface area contributed by atoms with Crippen LogP contribution >= 0.6 is 0 Å². The van der Waals surface area contributed by atoms with Crippen LogP contribution < -0.4 is 5.32 Å². The summed E-state index contributed by atoms with van der Waals surface area (Å²) >= 11 is 0. The summed E-state index contributed by atoms with van der Waals surface area (Å²) in [7, 11) is 0.773. The Hall–Kier alpha value is -2.18. The number of amides is 2. The lowest BCUT2D eigenvalue weighted by molar-refractivity contribution is 0.104. The second-order valence-corrected chi connectivity index (χ2v) is 9.15. The maximum atomic E-state index is 12.8. The van der Waals surface area contributed by atoms with E-state index in [-0.39, 0.29) is 12.1 Å². The number of piperidine rings is 1. The predicted molar refractivity (Wildman–Crippen MR) is 120 cm³/mol. The predicted octanol–water partition coefficient (Wildman–Crippen LogP) is 4.33. The van der Waals surface area contributed by atoms with E-state index in [1.54, 1.807) is 0 Å². The number of hydrogen-bond donors (Lipinski definition) is 1. The number of urea groups is 1. The minimum Gasteiger partial charge on any atom is -0.325 e. The van der Waals surface area contributed by atoms with E-state index in [9.17, 15) is 9.00 Å². The van der Waals surface area contributed by atoms with Crippen molar-refractivity contribution in [3.8, 4) is 0 Å². The zero-order valence-electron chi connectivity index (χ0n) is 17.5. The monoisotopic (exact) mass is 413 g/mol. The van der Waals surface area contributed by atoms with Crippen molar-refractivity contribution in [2.75, 3.05) is 25.5 Å². The molecule has 0 aromatic heterocycles. The van der Waals surface area contributed by atoms with Gasteiger partial charge in [-0.2, -0.15) is 0 Å². The van der Waals surface area contributed by atoms with Crippen LogP contribution in [-0.2, 0) is 16.6 Å². The first kappa shape index (κ1) is 21.5. The average molecular weight is 414 g/mol. The summed E-state index contributed by atoms with van der Waals surface area (Å²) in [6.07, 6.45) is 1.99. The van der Waals surface area contributed by atoms with Crippen LogP contribution in [-0.4, -0.2) is 52.3 Å². The van der Waals surface area contributed by atoms with E-state index in [4.69, 9.17) is 0 Å². The molecule has 1 heterocycles. The molecule has 29 heavy (non-hydrogen) atoms. The van der Waals surface area contributed by atoms with Crippen LogP contribution in [0.4, 0.5) is 10.5 Å². The topological polar surface area (TPSA) is 52.6 Å². The largest absolute Gasteiger partial charge is 0.325 e. The molecule has 0 radical (unpaired) electrons. The smallest absolute Gasteiger partial charge is 0.321 e. The molecule has 1 N–H and O–H groups in total. The summed E-state index contributed by atoms with van der Waals surface area (Å²) in [4.78, 5) is 17.9. The second kappa shape index (κ2) is 10.0. The van der Waals surface area contributed by atoms with E-state index >= 15 is 0 Å². The maximum Gasteiger partial charge on any atom is 0.321 e. The molecule has 6 heteroatoms. The molecule has 156 valence electrons. The summed E-state index contributed by atoms with van der Waals surface area (Å²) < 4.78 is 12.6. The number of carbonyl (C=O) groups excluding carboxylic acids is 1. The van der Waals surface area contributed by atoms with Crippen molar-refractivity contribution in [2.24, 2.45) is 0 Å². The third kappa shape index (κ3) is 5.67. The quantitative estimate of drug-likeness (QED) is 0.767. The molecule has 0 spiro atoms. The molecule has 3 atom stereocenters. The molecule has 1 saturated heterocycles. The molecule has 1 fully saturated rings. The van der Waals surface area contributed by atoms with Gasteiger partial charge >= 0.3 is 6.03 Å². The van der Waals surface area contributed by atoms with Crippen LogP contribution in [0.15, 0.2) is 59.5 Å². The van der Waals surface area contributed by atoms with Gasteiger partial charge in [-0.3, -0.25) is 4.21 Å². The fourth-order valence-corrected chi connectivity index (χ4v) is 5.05. The first-order valence-corrected chi connectivity index (χ1v) is 11.6. The number of nitrogens with zero attached hydrogens (tertiary/aromatic N) is 2. The van der Waals surface area contributed by atoms with E-state index in [2.05, 4.69) is 24.1 Å². The van der Waals surface area contributed by atoms with Crippen LogP contribution in [0.25, 0.3) is 0 Å². The van der Waals surface area contributed by atoms with Crippen LogP contribution in [0.5, 0.6) is 0 Å². The Morgan fingerprint density at radius 1 is 1.21 bits per heavy atom. The minimum absolute atomic E-state index is 0.0894. The number of benzene rings is 2. The number of rotatable bonds is 6. The molecule has 0 bridgehead atoms. The molecule has 2 aromatic carbocycles. The molecule has 2 amide bonds. The first-order valence-electron chi connectivity index (χ1n) is 10.3. The molecule has 3 rings (SSSR count). The van der Waals surface area contributed by atoms with Crippen molar-refractivity contribution >= 4 is 22.5 Å². The van der Waals surface area contributed by atoms with Gasteiger partial charge in [-0.25, -0.2) is 4.79 Å². The van der Waals surface area contributed by atoms with Crippen LogP contribution in [0.2, 0.25) is 0 Å². The van der Waals surface area contributed by atoms with Crippen LogP contribution in [0, 0.1) is 0 Å². The van der Waals surface area contributed by atoms with Gasteiger partial charge in [0, 0.05) is 36.3 Å². The Bertz CT molecular complexity index is 843. The van der Waals surface area contributed by atoms with Gasteiger partial charge < -0.3 is 15.1 Å². The van der Waals surface area contributed by atoms with E-state index < -0.39 is 10.8 Å². The van der Waals surface area contributed by atoms with Crippen molar-refractivity contribution in [3.05, 3.63) is 60.2 Å². The van der Waals surface area contributed by atoms with Crippen molar-refractivity contribution in [1.29, 1.82) is 0 Å². The maximum absolute atomic E-state index is 12.8. The fourth-order valence-electron chi connectivity index (χ4n) is 3.94. The Labute approximate surface area is 176 Å². The lowest BCUT2D eigenvalue weighted by Crippen LogP contribution is -2.50. The van der Waals surface area contributed by atoms with Crippen molar-refractivity contribution in [1.82, 2.24) is 9.80 Å². The van der Waals surface area contributed by atoms with Crippen LogP contribution in [0.1, 0.15) is 32.3 Å². The number of hydrogen-bond acceptors (Lipinski definition) is 3. The molecular formula is C23H31N3O2S. The minimum atomic E-state index is -1.10. The van der Waals surface area contributed by atoms with Crippen molar-refractivity contribution < 1.29 is 9.00 Å². The highest BCUT2D eigenvalue weighted by Crippen LogP contribution is 2.22. The molecule has 5 nitrogen and oxygen atoms in total. The average Bonchev–Trinajstić information content (AvgIpc) is 2.74. The summed E-state index contributed by atoms with van der Waals surface area (Å²) in [6.45, 7) is 6.50. The number of carbonyl (C=O) groups is 1. The summed E-state index contributed by atoms with van der Waals surface area (Å²) in [5.41, 5.74) is 1.68. The number of nitrogens with one attached hydrogen (secondary N) is 1. The normalized spacial score (nSPS) is 20.8. The fraction of sp³-hybridized carbons (Fsp3) is 0.435. The zero-order valence-corrected chi connectivity index (χ0v) is 18.3. The van der Waals surface area contributed by atoms with Gasteiger partial charge in [0.15, 0.2) is 0 Å². The van der Waals surface area contributed by atoms with Gasteiger partial charge in [-0.1, -0.05) is 37.3 Å². The highest BCUT2D eigenvalue weighted by Gasteiger charge is 2.29. The summed E-state index contributed by atoms with van der Waals surface area (Å²) in [6, 6.07) is 17.7. The second-order valence-electron chi connectivity index (χ2n) is 7.70. The third-order valence-electron chi connectivity index (χ3n) is 5.74. The molecule has 0 unspecified atom stereocenters. The van der Waals surface area contributed by atoms with Gasteiger partial charge in [-0.15, -0.1) is 0 Å². The Morgan fingerprint density at radius 2 is 1.97 bits per heavy atom. The molecule has 1 aliphatic rings. The number of likely N-dealkylation sites (tertiary alicyclic amines) is 1. The highest BCUT2D eigenvalue weighted by atomic mass is 32.2. The third-order valence-corrected chi connectivity index (χ3v) is 7.14. The number of anilines is 1. The summed E-state index contributed by atoms with van der Waals surface area (Å²) in [5, 5.41) is 3.01. The Kier molecular flexibility index (Phi) is 7.45. The molecule has 2 aromatic rings. The van der Waals surface area contributed by atoms with E-state index in [1.165, 1.54) is 0 Å². The zero-order chi connectivity index (χ0) is 20.8. The SMILES string of the molecule is CCN1CC[C@H](N(C)C(=O)Nc2cccc(C[S@@](=O)c3ccccc3)c2)C[C@@H]1C. The Morgan fingerprint density at radius 3 is 2.66 bits per heavy atom. The van der Waals surface area contributed by atoms with Crippen molar-refractivity contribution in [2.45, 2.75) is 49.4 Å². The first-order chi connectivity index (χ1) is 14.0.